The minimum atomic E-state index is -4.93. The molecule has 1 aromatic carbocycles. The van der Waals surface area contributed by atoms with Crippen molar-refractivity contribution >= 4 is 15.0 Å². The van der Waals surface area contributed by atoms with Crippen LogP contribution in [0.1, 0.15) is 0 Å². The van der Waals surface area contributed by atoms with Gasteiger partial charge >= 0.3 is 0 Å². The maximum atomic E-state index is 11.7. The third-order valence-corrected chi connectivity index (χ3v) is 7.62. The zero-order chi connectivity index (χ0) is 16.4. The third kappa shape index (κ3) is 4.35. The molecule has 8 heteroatoms. The van der Waals surface area contributed by atoms with Gasteiger partial charge in [-0.2, -0.15) is 0 Å². The van der Waals surface area contributed by atoms with Crippen LogP contribution in [-0.4, -0.2) is 21.9 Å². The lowest BCUT2D eigenvalue weighted by atomic mass is 10.1. The lowest BCUT2D eigenvalue weighted by molar-refractivity contribution is -0.694. The van der Waals surface area contributed by atoms with Crippen LogP contribution >= 0.6 is 15.0 Å². The largest absolute Gasteiger partial charge is 0.778 e. The average Bonchev–Trinajstić information content (AvgIpc) is 2.44. The van der Waals surface area contributed by atoms with Crippen molar-refractivity contribution in [3.63, 3.8) is 0 Å². The van der Waals surface area contributed by atoms with Gasteiger partial charge in [0.2, 0.25) is 7.37 Å². The molecule has 2 N–H and O–H groups in total. The molecule has 22 heavy (non-hydrogen) atoms. The second-order valence-electron chi connectivity index (χ2n) is 5.14. The van der Waals surface area contributed by atoms with Crippen LogP contribution in [0, 0.1) is 0 Å². The molecule has 0 aliphatic rings. The standard InChI is InChI=1S/C14H17NO5P2/c1-21(16,17)14(22(18,19)20)11-15-9-5-8-13(10-15)12-6-3-2-4-7-12/h2-10,14H,11H2,1H3,(H2-,16,17,18,19,20). The van der Waals surface area contributed by atoms with Crippen LogP contribution < -0.4 is 9.46 Å². The summed E-state index contributed by atoms with van der Waals surface area (Å²) in [5.41, 5.74) is 1.77. The molecule has 0 saturated heterocycles. The van der Waals surface area contributed by atoms with Gasteiger partial charge in [-0.05, 0) is 11.6 Å². The van der Waals surface area contributed by atoms with E-state index in [0.717, 1.165) is 17.8 Å². The van der Waals surface area contributed by atoms with E-state index in [0.29, 0.717) is 0 Å². The van der Waals surface area contributed by atoms with Crippen molar-refractivity contribution < 1.29 is 28.4 Å². The highest BCUT2D eigenvalue weighted by molar-refractivity contribution is 7.72. The Kier molecular flexibility index (Phi) is 5.00. The minimum Gasteiger partial charge on any atom is -0.778 e. The molecule has 3 atom stereocenters. The average molecular weight is 341 g/mol. The Morgan fingerprint density at radius 1 is 1.09 bits per heavy atom. The molecule has 2 rings (SSSR count). The normalized spacial score (nSPS) is 18.2. The molecule has 0 amide bonds. The highest BCUT2D eigenvalue weighted by Gasteiger charge is 2.37. The van der Waals surface area contributed by atoms with E-state index in [1.54, 1.807) is 18.5 Å². The number of nitrogens with zero attached hydrogens (tertiary/aromatic N) is 1. The van der Waals surface area contributed by atoms with E-state index in [2.05, 4.69) is 0 Å². The summed E-state index contributed by atoms with van der Waals surface area (Å²) in [6.07, 6.45) is 3.26. The fourth-order valence-corrected chi connectivity index (χ4v) is 5.20. The lowest BCUT2D eigenvalue weighted by Gasteiger charge is -2.26. The predicted octanol–water partition coefficient (Wildman–Crippen LogP) is 1.41. The monoisotopic (exact) mass is 341 g/mol. The van der Waals surface area contributed by atoms with Crippen LogP contribution in [0.3, 0.4) is 0 Å². The first kappa shape index (κ1) is 17.1. The molecule has 1 heterocycles. The maximum Gasteiger partial charge on any atom is 0.215 e. The van der Waals surface area contributed by atoms with Crippen LogP contribution in [0.2, 0.25) is 0 Å². The number of benzene rings is 1. The van der Waals surface area contributed by atoms with E-state index in [1.807, 2.05) is 36.4 Å². The first-order valence-corrected chi connectivity index (χ1v) is 10.4. The molecular weight excluding hydrogens is 324 g/mol. The van der Waals surface area contributed by atoms with E-state index in [9.17, 15) is 23.8 Å². The zero-order valence-corrected chi connectivity index (χ0v) is 13.7. The number of rotatable bonds is 5. The van der Waals surface area contributed by atoms with Gasteiger partial charge in [0, 0.05) is 18.3 Å². The predicted molar refractivity (Wildman–Crippen MR) is 81.4 cm³/mol. The Morgan fingerprint density at radius 2 is 1.68 bits per heavy atom. The smallest absolute Gasteiger partial charge is 0.215 e. The number of hydrogen-bond donors (Lipinski definition) is 2. The molecule has 0 saturated carbocycles. The molecule has 0 bridgehead atoms. The Hall–Kier alpha value is -1.29. The van der Waals surface area contributed by atoms with Crippen LogP contribution in [0.25, 0.3) is 11.1 Å². The minimum absolute atomic E-state index is 0.289. The van der Waals surface area contributed by atoms with Crippen molar-refractivity contribution in [3.8, 4) is 11.1 Å². The second kappa shape index (κ2) is 6.45. The van der Waals surface area contributed by atoms with Gasteiger partial charge < -0.3 is 19.2 Å². The number of aromatic nitrogens is 1. The molecule has 2 aromatic rings. The highest BCUT2D eigenvalue weighted by atomic mass is 31.2. The van der Waals surface area contributed by atoms with Gasteiger partial charge in [-0.15, -0.1) is 0 Å². The quantitative estimate of drug-likeness (QED) is 0.632. The first-order chi connectivity index (χ1) is 10.2. The van der Waals surface area contributed by atoms with Crippen molar-refractivity contribution in [1.29, 1.82) is 0 Å². The van der Waals surface area contributed by atoms with Crippen LogP contribution in [0.15, 0.2) is 54.9 Å². The Bertz CT molecular complexity index is 716. The van der Waals surface area contributed by atoms with Gasteiger partial charge in [-0.25, -0.2) is 4.57 Å². The van der Waals surface area contributed by atoms with E-state index in [4.69, 9.17) is 0 Å². The topological polar surface area (TPSA) is 102 Å². The fourth-order valence-electron chi connectivity index (χ4n) is 2.15. The molecule has 1 aromatic heterocycles. The van der Waals surface area contributed by atoms with E-state index in [1.165, 1.54) is 4.57 Å². The van der Waals surface area contributed by atoms with Gasteiger partial charge in [-0.1, -0.05) is 30.3 Å². The van der Waals surface area contributed by atoms with Crippen LogP contribution in [-0.2, 0) is 15.7 Å². The van der Waals surface area contributed by atoms with E-state index in [-0.39, 0.29) is 6.54 Å². The van der Waals surface area contributed by atoms with E-state index < -0.39 is 20.4 Å². The Labute approximate surface area is 128 Å². The first-order valence-electron chi connectivity index (χ1n) is 6.56. The molecule has 6 nitrogen and oxygen atoms in total. The van der Waals surface area contributed by atoms with Crippen LogP contribution in [0.5, 0.6) is 0 Å². The van der Waals surface area contributed by atoms with Gasteiger partial charge in [-0.3, -0.25) is 4.57 Å². The van der Waals surface area contributed by atoms with Crippen molar-refractivity contribution in [2.75, 3.05) is 6.66 Å². The lowest BCUT2D eigenvalue weighted by Crippen LogP contribution is -2.40. The molecule has 0 aliphatic carbocycles. The van der Waals surface area contributed by atoms with Crippen LogP contribution in [0.4, 0.5) is 0 Å². The Balaban J connectivity index is 2.34. The maximum absolute atomic E-state index is 11.7. The molecule has 0 aliphatic heterocycles. The third-order valence-electron chi connectivity index (χ3n) is 3.27. The summed E-state index contributed by atoms with van der Waals surface area (Å²) in [4.78, 5) is 30.2. The summed E-state index contributed by atoms with van der Waals surface area (Å²) in [5, 5.41) is -1.73. The zero-order valence-electron chi connectivity index (χ0n) is 11.9. The second-order valence-corrected chi connectivity index (χ2v) is 9.81. The van der Waals surface area contributed by atoms with Crippen molar-refractivity contribution in [3.05, 3.63) is 54.9 Å². The molecule has 0 spiro atoms. The molecule has 0 fully saturated rings. The summed E-state index contributed by atoms with van der Waals surface area (Å²) in [7, 11) is -8.93. The van der Waals surface area contributed by atoms with Gasteiger partial charge in [0.05, 0.1) is 0 Å². The fraction of sp³-hybridized carbons (Fsp3) is 0.214. The van der Waals surface area contributed by atoms with Crippen molar-refractivity contribution in [2.45, 2.75) is 11.9 Å². The van der Waals surface area contributed by atoms with Gasteiger partial charge in [0.25, 0.3) is 0 Å². The molecule has 0 radical (unpaired) electrons. The number of pyridine rings is 1. The summed E-state index contributed by atoms with van der Waals surface area (Å²) >= 11 is 0. The summed E-state index contributed by atoms with van der Waals surface area (Å²) in [6.45, 7) is 0.641. The summed E-state index contributed by atoms with van der Waals surface area (Å²) in [6, 6.07) is 13.0. The molecule has 3 unspecified atom stereocenters. The highest BCUT2D eigenvalue weighted by Crippen LogP contribution is 2.57. The van der Waals surface area contributed by atoms with Gasteiger partial charge in [0.1, 0.15) is 0 Å². The molecule has 118 valence electrons. The SMILES string of the molecule is CP(=O)(O)C(C[n+]1cccc(-c2ccccc2)c1)P(=O)([O-])O. The van der Waals surface area contributed by atoms with Gasteiger partial charge in [0.15, 0.2) is 31.9 Å². The summed E-state index contributed by atoms with van der Waals surface area (Å²) < 4.78 is 24.6. The summed E-state index contributed by atoms with van der Waals surface area (Å²) in [5.74, 6) is 0. The van der Waals surface area contributed by atoms with Crippen molar-refractivity contribution in [1.82, 2.24) is 0 Å². The Morgan fingerprint density at radius 3 is 2.23 bits per heavy atom. The van der Waals surface area contributed by atoms with E-state index >= 15 is 0 Å². The number of hydrogen-bond acceptors (Lipinski definition) is 3. The molecular formula is C14H17NO5P2. The van der Waals surface area contributed by atoms with Crippen molar-refractivity contribution in [2.24, 2.45) is 0 Å².